The van der Waals surface area contributed by atoms with Crippen LogP contribution in [0, 0.1) is 0 Å². The number of primary amides is 1. The summed E-state index contributed by atoms with van der Waals surface area (Å²) in [7, 11) is 5.39. The van der Waals surface area contributed by atoms with Gasteiger partial charge in [0.15, 0.2) is 0 Å². The van der Waals surface area contributed by atoms with Crippen LogP contribution in [0.15, 0.2) is 0 Å². The largest absolute Gasteiger partial charge is 0.370 e. The molecule has 0 atom stereocenters. The van der Waals surface area contributed by atoms with Gasteiger partial charge in [0.2, 0.25) is 5.91 Å². The zero-order chi connectivity index (χ0) is 10.5. The van der Waals surface area contributed by atoms with E-state index in [1.807, 2.05) is 20.9 Å². The molecule has 0 fully saturated rings. The van der Waals surface area contributed by atoms with Crippen LogP contribution in [0.5, 0.6) is 0 Å². The van der Waals surface area contributed by atoms with E-state index < -0.39 is 0 Å². The molecule has 3 nitrogen and oxygen atoms in total. The molecular formula is C8H20N2OS2. The molecule has 0 heterocycles. The molecule has 0 spiro atoms. The van der Waals surface area contributed by atoms with Crippen LogP contribution in [-0.4, -0.2) is 31.0 Å². The van der Waals surface area contributed by atoms with E-state index in [9.17, 15) is 4.79 Å². The van der Waals surface area contributed by atoms with Crippen molar-refractivity contribution in [2.75, 3.05) is 25.1 Å². The summed E-state index contributed by atoms with van der Waals surface area (Å²) in [6.45, 7) is 5.01. The minimum atomic E-state index is -0.216. The maximum atomic E-state index is 10.3. The molecule has 0 rings (SSSR count). The lowest BCUT2D eigenvalue weighted by atomic mass is 10.5. The Morgan fingerprint density at radius 2 is 1.85 bits per heavy atom. The van der Waals surface area contributed by atoms with Crippen molar-refractivity contribution in [2.45, 2.75) is 20.3 Å². The van der Waals surface area contributed by atoms with Crippen molar-refractivity contribution >= 4 is 27.5 Å². The minimum Gasteiger partial charge on any atom is -0.370 e. The third-order valence-electron chi connectivity index (χ3n) is 0.951. The quantitative estimate of drug-likeness (QED) is 0.508. The van der Waals surface area contributed by atoms with E-state index in [0.717, 1.165) is 18.1 Å². The van der Waals surface area contributed by atoms with E-state index >= 15 is 0 Å². The van der Waals surface area contributed by atoms with Crippen LogP contribution < -0.4 is 11.1 Å². The van der Waals surface area contributed by atoms with Crippen molar-refractivity contribution in [3.05, 3.63) is 0 Å². The Balaban J connectivity index is 0. The van der Waals surface area contributed by atoms with Gasteiger partial charge < -0.3 is 11.1 Å². The zero-order valence-corrected chi connectivity index (χ0v) is 10.3. The van der Waals surface area contributed by atoms with Gasteiger partial charge in [0, 0.05) is 24.5 Å². The molecule has 0 bridgehead atoms. The highest BCUT2D eigenvalue weighted by Gasteiger charge is 1.94. The van der Waals surface area contributed by atoms with Crippen molar-refractivity contribution < 1.29 is 4.79 Å². The monoisotopic (exact) mass is 224 g/mol. The smallest absolute Gasteiger partial charge is 0.218 e. The maximum Gasteiger partial charge on any atom is 0.218 e. The van der Waals surface area contributed by atoms with Crippen LogP contribution in [-0.2, 0) is 4.79 Å². The molecule has 0 aromatic rings. The number of rotatable bonds is 7. The molecule has 0 unspecified atom stereocenters. The summed E-state index contributed by atoms with van der Waals surface area (Å²) in [6, 6.07) is 0. The first kappa shape index (κ1) is 15.6. The Hall–Kier alpha value is 0.130. The minimum absolute atomic E-state index is 0.216. The van der Waals surface area contributed by atoms with Gasteiger partial charge in [0.1, 0.15) is 0 Å². The van der Waals surface area contributed by atoms with Gasteiger partial charge in [-0.05, 0) is 7.05 Å². The van der Waals surface area contributed by atoms with Crippen LogP contribution in [0.1, 0.15) is 20.3 Å². The molecule has 0 radical (unpaired) electrons. The number of carbonyl (C=O) groups excluding carboxylic acids is 1. The van der Waals surface area contributed by atoms with E-state index in [1.165, 1.54) is 0 Å². The van der Waals surface area contributed by atoms with Gasteiger partial charge in [-0.15, -0.1) is 0 Å². The summed E-state index contributed by atoms with van der Waals surface area (Å²) in [4.78, 5) is 10.3. The molecule has 5 heteroatoms. The van der Waals surface area contributed by atoms with E-state index in [-0.39, 0.29) is 5.91 Å². The van der Waals surface area contributed by atoms with Crippen molar-refractivity contribution in [3.8, 4) is 0 Å². The topological polar surface area (TPSA) is 55.1 Å². The van der Waals surface area contributed by atoms with Crippen LogP contribution >= 0.6 is 21.6 Å². The van der Waals surface area contributed by atoms with Gasteiger partial charge in [0.05, 0.1) is 0 Å². The normalized spacial score (nSPS) is 8.85. The van der Waals surface area contributed by atoms with Gasteiger partial charge in [-0.25, -0.2) is 0 Å². The number of hydrogen-bond donors (Lipinski definition) is 2. The molecule has 80 valence electrons. The number of carbonyl (C=O) groups is 1. The second-order valence-corrected chi connectivity index (χ2v) is 4.67. The summed E-state index contributed by atoms with van der Waals surface area (Å²) in [5.74, 6) is 1.68. The van der Waals surface area contributed by atoms with Gasteiger partial charge >= 0.3 is 0 Å². The highest BCUT2D eigenvalue weighted by Crippen LogP contribution is 2.20. The molecule has 3 N–H and O–H groups in total. The second-order valence-electron chi connectivity index (χ2n) is 1.96. The first-order valence-corrected chi connectivity index (χ1v) is 6.93. The van der Waals surface area contributed by atoms with Crippen LogP contribution in [0.25, 0.3) is 0 Å². The molecule has 0 aliphatic carbocycles. The number of nitrogens with two attached hydrogens (primary N) is 1. The van der Waals surface area contributed by atoms with Crippen molar-refractivity contribution in [1.82, 2.24) is 5.32 Å². The van der Waals surface area contributed by atoms with Gasteiger partial charge in [-0.2, -0.15) is 0 Å². The molecule has 0 aromatic heterocycles. The molecular weight excluding hydrogens is 204 g/mol. The summed E-state index contributed by atoms with van der Waals surface area (Å²) < 4.78 is 0. The van der Waals surface area contributed by atoms with E-state index in [4.69, 9.17) is 5.73 Å². The molecule has 0 saturated carbocycles. The third kappa shape index (κ3) is 18.8. The average Bonchev–Trinajstić information content (AvgIpc) is 2.14. The molecule has 0 aliphatic heterocycles. The highest BCUT2D eigenvalue weighted by molar-refractivity contribution is 8.76. The van der Waals surface area contributed by atoms with Gasteiger partial charge in [-0.3, -0.25) is 4.79 Å². The summed E-state index contributed by atoms with van der Waals surface area (Å²) in [5.41, 5.74) is 4.96. The number of hydrogen-bond acceptors (Lipinski definition) is 4. The Labute approximate surface area is 89.0 Å². The van der Waals surface area contributed by atoms with Crippen LogP contribution in [0.4, 0.5) is 0 Å². The van der Waals surface area contributed by atoms with E-state index in [1.54, 1.807) is 21.6 Å². The Kier molecular flexibility index (Phi) is 17.6. The van der Waals surface area contributed by atoms with Crippen molar-refractivity contribution in [3.63, 3.8) is 0 Å². The van der Waals surface area contributed by atoms with Crippen molar-refractivity contribution in [2.24, 2.45) is 5.73 Å². The predicted molar refractivity (Wildman–Crippen MR) is 64.0 cm³/mol. The summed E-state index contributed by atoms with van der Waals surface area (Å²) in [5, 5.41) is 3.04. The predicted octanol–water partition coefficient (Wildman–Crippen LogP) is 1.49. The van der Waals surface area contributed by atoms with Crippen LogP contribution in [0.2, 0.25) is 0 Å². The maximum absolute atomic E-state index is 10.3. The lowest BCUT2D eigenvalue weighted by Gasteiger charge is -1.98. The first-order valence-electron chi connectivity index (χ1n) is 4.44. The zero-order valence-electron chi connectivity index (χ0n) is 8.63. The first-order chi connectivity index (χ1) is 6.27. The van der Waals surface area contributed by atoms with Crippen molar-refractivity contribution in [1.29, 1.82) is 0 Å². The Morgan fingerprint density at radius 1 is 1.31 bits per heavy atom. The molecule has 0 aromatic carbocycles. The van der Waals surface area contributed by atoms with Gasteiger partial charge in [0.25, 0.3) is 0 Å². The molecule has 13 heavy (non-hydrogen) atoms. The average molecular weight is 224 g/mol. The second kappa shape index (κ2) is 14.6. The van der Waals surface area contributed by atoms with E-state index in [0.29, 0.717) is 6.42 Å². The lowest BCUT2D eigenvalue weighted by Crippen LogP contribution is -2.11. The highest BCUT2D eigenvalue weighted by atomic mass is 33.1. The summed E-state index contributed by atoms with van der Waals surface area (Å²) in [6.07, 6.45) is 0.483. The lowest BCUT2D eigenvalue weighted by molar-refractivity contribution is -0.117. The number of nitrogens with one attached hydrogen (secondary N) is 1. The third-order valence-corrected chi connectivity index (χ3v) is 3.36. The standard InChI is InChI=1S/C6H14N2OS2.C2H6/c1-8-3-5-11-10-4-2-6(7)9;1-2/h8H,2-5H2,1H3,(H2,7,9);1-2H3. The molecule has 0 saturated heterocycles. The SMILES string of the molecule is CC.CNCCSSCCC(N)=O. The molecule has 0 aliphatic rings. The van der Waals surface area contributed by atoms with Gasteiger partial charge in [-0.1, -0.05) is 35.4 Å². The number of amides is 1. The Morgan fingerprint density at radius 3 is 2.31 bits per heavy atom. The Bertz CT molecular complexity index is 112. The summed E-state index contributed by atoms with van der Waals surface area (Å²) >= 11 is 0. The molecule has 1 amide bonds. The fraction of sp³-hybridized carbons (Fsp3) is 0.875. The fourth-order valence-electron chi connectivity index (χ4n) is 0.404. The van der Waals surface area contributed by atoms with E-state index in [2.05, 4.69) is 5.32 Å². The van der Waals surface area contributed by atoms with Crippen LogP contribution in [0.3, 0.4) is 0 Å². The fourth-order valence-corrected chi connectivity index (χ4v) is 2.42.